The van der Waals surface area contributed by atoms with Crippen LogP contribution in [0.25, 0.3) is 21.8 Å². The van der Waals surface area contributed by atoms with E-state index >= 15 is 0 Å². The van der Waals surface area contributed by atoms with Crippen LogP contribution in [0.4, 0.5) is 5.69 Å². The Morgan fingerprint density at radius 2 is 1.74 bits per heavy atom. The second-order valence-electron chi connectivity index (χ2n) is 8.31. The third kappa shape index (κ3) is 3.18. The number of aromatic nitrogens is 1. The second-order valence-corrected chi connectivity index (χ2v) is 8.31. The molecule has 0 fully saturated rings. The molecule has 0 bridgehead atoms. The van der Waals surface area contributed by atoms with Gasteiger partial charge in [-0.1, -0.05) is 32.9 Å². The smallest absolute Gasteiger partial charge is 0.323 e. The molecular formula is C22H26N2O3. The molecule has 0 spiro atoms. The summed E-state index contributed by atoms with van der Waals surface area (Å²) in [6, 6.07) is 9.46. The van der Waals surface area contributed by atoms with E-state index in [-0.39, 0.29) is 17.4 Å². The summed E-state index contributed by atoms with van der Waals surface area (Å²) in [6.07, 6.45) is 0. The van der Waals surface area contributed by atoms with E-state index in [4.69, 9.17) is 0 Å². The Morgan fingerprint density at radius 1 is 1.11 bits per heavy atom. The minimum absolute atomic E-state index is 0.0646. The van der Waals surface area contributed by atoms with E-state index < -0.39 is 5.97 Å². The lowest BCUT2D eigenvalue weighted by atomic mass is 9.86. The fourth-order valence-corrected chi connectivity index (χ4v) is 3.68. The number of fused-ring (bicyclic) bond motifs is 2. The van der Waals surface area contributed by atoms with Crippen LogP contribution in [0, 0.1) is 6.92 Å². The number of carboxylic acids is 1. The van der Waals surface area contributed by atoms with Gasteiger partial charge in [-0.25, -0.2) is 0 Å². The van der Waals surface area contributed by atoms with Gasteiger partial charge in [0, 0.05) is 24.9 Å². The van der Waals surface area contributed by atoms with Gasteiger partial charge in [0.25, 0.3) is 0 Å². The maximum Gasteiger partial charge on any atom is 0.323 e. The summed E-state index contributed by atoms with van der Waals surface area (Å²) in [5.41, 5.74) is 4.09. The van der Waals surface area contributed by atoms with Crippen molar-refractivity contribution in [3.05, 3.63) is 51.7 Å². The molecule has 1 heterocycles. The van der Waals surface area contributed by atoms with Crippen LogP contribution in [0.15, 0.2) is 35.1 Å². The highest BCUT2D eigenvalue weighted by Crippen LogP contribution is 2.32. The number of pyridine rings is 1. The number of carboxylic acid groups (broad SMARTS) is 1. The third-order valence-electron chi connectivity index (χ3n) is 5.01. The number of nitrogens with zero attached hydrogens (tertiary/aromatic N) is 2. The summed E-state index contributed by atoms with van der Waals surface area (Å²) in [7, 11) is 3.82. The lowest BCUT2D eigenvalue weighted by Gasteiger charge is -2.24. The van der Waals surface area contributed by atoms with Crippen molar-refractivity contribution in [3.8, 4) is 0 Å². The maximum atomic E-state index is 13.2. The molecule has 0 saturated carbocycles. The number of carbonyl (C=O) groups is 1. The topological polar surface area (TPSA) is 62.5 Å². The summed E-state index contributed by atoms with van der Waals surface area (Å²) in [6.45, 7) is 8.07. The number of aryl methyl sites for hydroxylation is 1. The highest BCUT2D eigenvalue weighted by Gasteiger charge is 2.20. The summed E-state index contributed by atoms with van der Waals surface area (Å²) in [5, 5.41) is 10.7. The van der Waals surface area contributed by atoms with E-state index in [1.54, 1.807) is 10.6 Å². The Labute approximate surface area is 158 Å². The van der Waals surface area contributed by atoms with Crippen molar-refractivity contribution in [1.29, 1.82) is 0 Å². The van der Waals surface area contributed by atoms with Crippen LogP contribution in [-0.2, 0) is 16.8 Å². The second kappa shape index (κ2) is 6.41. The van der Waals surface area contributed by atoms with Gasteiger partial charge in [-0.15, -0.1) is 0 Å². The SMILES string of the molecule is Cc1ccc2c(=O)c3ccc(C(C)(C)C)cc3n(CC(=O)O)c2c1N(C)C. The summed E-state index contributed by atoms with van der Waals surface area (Å²) >= 11 is 0. The van der Waals surface area contributed by atoms with Gasteiger partial charge in [-0.05, 0) is 41.7 Å². The van der Waals surface area contributed by atoms with E-state index in [1.165, 1.54) is 0 Å². The minimum atomic E-state index is -0.936. The predicted octanol–water partition coefficient (Wildman–Crippen LogP) is 3.91. The zero-order valence-corrected chi connectivity index (χ0v) is 16.8. The molecule has 0 atom stereocenters. The molecule has 0 unspecified atom stereocenters. The van der Waals surface area contributed by atoms with Crippen LogP contribution in [0.2, 0.25) is 0 Å². The van der Waals surface area contributed by atoms with Crippen molar-refractivity contribution in [2.75, 3.05) is 19.0 Å². The van der Waals surface area contributed by atoms with Gasteiger partial charge in [0.15, 0.2) is 5.43 Å². The monoisotopic (exact) mass is 366 g/mol. The Kier molecular flexibility index (Phi) is 4.50. The standard InChI is InChI=1S/C22H26N2O3/c1-13-7-9-16-20(19(13)23(5)6)24(12-18(25)26)17-11-14(22(2,3)4)8-10-15(17)21(16)27/h7-11H,12H2,1-6H3,(H,25,26). The van der Waals surface area contributed by atoms with E-state index in [2.05, 4.69) is 20.8 Å². The molecular weight excluding hydrogens is 340 g/mol. The Bertz CT molecular complexity index is 1120. The first-order valence-electron chi connectivity index (χ1n) is 9.02. The van der Waals surface area contributed by atoms with E-state index in [9.17, 15) is 14.7 Å². The molecule has 0 amide bonds. The van der Waals surface area contributed by atoms with E-state index in [0.29, 0.717) is 21.8 Å². The lowest BCUT2D eigenvalue weighted by Crippen LogP contribution is -2.21. The molecule has 3 rings (SSSR count). The number of anilines is 1. The molecule has 0 aliphatic carbocycles. The van der Waals surface area contributed by atoms with Crippen LogP contribution in [-0.4, -0.2) is 29.7 Å². The van der Waals surface area contributed by atoms with Crippen LogP contribution in [0.1, 0.15) is 31.9 Å². The first-order valence-corrected chi connectivity index (χ1v) is 9.02. The van der Waals surface area contributed by atoms with Gasteiger partial charge < -0.3 is 14.6 Å². The number of benzene rings is 2. The van der Waals surface area contributed by atoms with Crippen molar-refractivity contribution >= 4 is 33.5 Å². The summed E-state index contributed by atoms with van der Waals surface area (Å²) in [4.78, 5) is 26.8. The first kappa shape index (κ1) is 19.0. The molecule has 5 heteroatoms. The average Bonchev–Trinajstić information content (AvgIpc) is 2.56. The number of hydrogen-bond donors (Lipinski definition) is 1. The van der Waals surface area contributed by atoms with Crippen LogP contribution in [0.5, 0.6) is 0 Å². The third-order valence-corrected chi connectivity index (χ3v) is 5.01. The average molecular weight is 366 g/mol. The fraction of sp³-hybridized carbons (Fsp3) is 0.364. The van der Waals surface area contributed by atoms with Crippen molar-refractivity contribution < 1.29 is 9.90 Å². The first-order chi connectivity index (χ1) is 12.5. The number of hydrogen-bond acceptors (Lipinski definition) is 3. The number of rotatable bonds is 3. The zero-order valence-electron chi connectivity index (χ0n) is 16.8. The van der Waals surface area contributed by atoms with Gasteiger partial charge in [-0.2, -0.15) is 0 Å². The largest absolute Gasteiger partial charge is 0.480 e. The molecule has 0 aliphatic heterocycles. The molecule has 27 heavy (non-hydrogen) atoms. The fourth-order valence-electron chi connectivity index (χ4n) is 3.68. The lowest BCUT2D eigenvalue weighted by molar-refractivity contribution is -0.137. The summed E-state index contributed by atoms with van der Waals surface area (Å²) in [5.74, 6) is -0.936. The molecule has 2 aromatic carbocycles. The molecule has 0 aliphatic rings. The highest BCUT2D eigenvalue weighted by atomic mass is 16.4. The van der Waals surface area contributed by atoms with E-state index in [1.807, 2.05) is 50.2 Å². The summed E-state index contributed by atoms with van der Waals surface area (Å²) < 4.78 is 1.77. The Morgan fingerprint density at radius 3 is 2.30 bits per heavy atom. The molecule has 1 N–H and O–H groups in total. The van der Waals surface area contributed by atoms with E-state index in [0.717, 1.165) is 16.8 Å². The Hall–Kier alpha value is -2.82. The minimum Gasteiger partial charge on any atom is -0.480 e. The van der Waals surface area contributed by atoms with Crippen molar-refractivity contribution in [3.63, 3.8) is 0 Å². The van der Waals surface area contributed by atoms with Crippen LogP contribution >= 0.6 is 0 Å². The molecule has 0 saturated heterocycles. The molecule has 3 aromatic rings. The van der Waals surface area contributed by atoms with Crippen LogP contribution in [0.3, 0.4) is 0 Å². The van der Waals surface area contributed by atoms with Gasteiger partial charge >= 0.3 is 5.97 Å². The van der Waals surface area contributed by atoms with Gasteiger partial charge in [-0.3, -0.25) is 9.59 Å². The molecule has 142 valence electrons. The van der Waals surface area contributed by atoms with Gasteiger partial charge in [0.2, 0.25) is 0 Å². The highest BCUT2D eigenvalue weighted by molar-refractivity contribution is 6.01. The van der Waals surface area contributed by atoms with Crippen molar-refractivity contribution in [2.45, 2.75) is 39.7 Å². The quantitative estimate of drug-likeness (QED) is 0.714. The normalized spacial score (nSPS) is 11.9. The van der Waals surface area contributed by atoms with Crippen molar-refractivity contribution in [2.24, 2.45) is 0 Å². The predicted molar refractivity (Wildman–Crippen MR) is 111 cm³/mol. The van der Waals surface area contributed by atoms with Crippen LogP contribution < -0.4 is 10.3 Å². The van der Waals surface area contributed by atoms with Gasteiger partial charge in [0.05, 0.1) is 16.7 Å². The van der Waals surface area contributed by atoms with Crippen molar-refractivity contribution in [1.82, 2.24) is 4.57 Å². The molecule has 1 aromatic heterocycles. The molecule has 0 radical (unpaired) electrons. The number of aliphatic carboxylic acids is 1. The zero-order chi connectivity index (χ0) is 20.1. The van der Waals surface area contributed by atoms with Gasteiger partial charge in [0.1, 0.15) is 6.54 Å². The Balaban J connectivity index is 2.61. The maximum absolute atomic E-state index is 13.2. The molecule has 5 nitrogen and oxygen atoms in total.